The number of rotatable bonds is 8. The zero-order valence-electron chi connectivity index (χ0n) is 20.0. The molecule has 2 heterocycles. The standard InChI is InChI=1S/C25H37N5O3/c1-29-13-10-26-24(29)23(19-14-21(32-2)16-22(15-19)33-3)28-25(31)27-20-8-11-30(12-9-20)17-18-6-4-5-7-18/h10,13-16,18,20,23H,4-9,11-12,17H2,1-3H3,(H2,27,28,31). The molecule has 2 amide bonds. The maximum atomic E-state index is 13.0. The number of urea groups is 1. The van der Waals surface area contributed by atoms with Crippen molar-refractivity contribution in [3.05, 3.63) is 42.0 Å². The van der Waals surface area contributed by atoms with Gasteiger partial charge in [-0.15, -0.1) is 0 Å². The Hall–Kier alpha value is -2.74. The molecule has 1 aliphatic carbocycles. The third-order valence-corrected chi connectivity index (χ3v) is 7.01. The number of nitrogens with zero attached hydrogens (tertiary/aromatic N) is 3. The molecule has 0 bridgehead atoms. The molecule has 1 aliphatic heterocycles. The Morgan fingerprint density at radius 3 is 2.33 bits per heavy atom. The first kappa shape index (κ1) is 23.4. The topological polar surface area (TPSA) is 80.7 Å². The van der Waals surface area contributed by atoms with Crippen molar-refractivity contribution in [2.75, 3.05) is 33.9 Å². The molecule has 2 N–H and O–H groups in total. The summed E-state index contributed by atoms with van der Waals surface area (Å²) in [4.78, 5) is 20.1. The van der Waals surface area contributed by atoms with Crippen LogP contribution in [0.1, 0.15) is 56.0 Å². The number of hydrogen-bond donors (Lipinski definition) is 2. The molecule has 2 aliphatic rings. The van der Waals surface area contributed by atoms with Gasteiger partial charge in [0.1, 0.15) is 23.4 Å². The Kier molecular flexibility index (Phi) is 7.75. The Morgan fingerprint density at radius 1 is 1.09 bits per heavy atom. The maximum absolute atomic E-state index is 13.0. The van der Waals surface area contributed by atoms with Gasteiger partial charge < -0.3 is 29.6 Å². The van der Waals surface area contributed by atoms with E-state index in [-0.39, 0.29) is 12.1 Å². The number of piperidine rings is 1. The number of hydrogen-bond acceptors (Lipinski definition) is 5. The van der Waals surface area contributed by atoms with Crippen LogP contribution in [0.25, 0.3) is 0 Å². The van der Waals surface area contributed by atoms with Crippen LogP contribution in [0.2, 0.25) is 0 Å². The van der Waals surface area contributed by atoms with E-state index in [0.717, 1.165) is 43.2 Å². The van der Waals surface area contributed by atoms with Gasteiger partial charge >= 0.3 is 6.03 Å². The van der Waals surface area contributed by atoms with Gasteiger partial charge in [0.25, 0.3) is 0 Å². The summed E-state index contributed by atoms with van der Waals surface area (Å²) in [5.41, 5.74) is 0.849. The molecular formula is C25H37N5O3. The van der Waals surface area contributed by atoms with Crippen molar-refractivity contribution < 1.29 is 14.3 Å². The number of benzene rings is 1. The second-order valence-electron chi connectivity index (χ2n) is 9.32. The second-order valence-corrected chi connectivity index (χ2v) is 9.32. The summed E-state index contributed by atoms with van der Waals surface area (Å²) in [7, 11) is 5.16. The summed E-state index contributed by atoms with van der Waals surface area (Å²) in [5.74, 6) is 2.95. The highest BCUT2D eigenvalue weighted by Crippen LogP contribution is 2.30. The van der Waals surface area contributed by atoms with Gasteiger partial charge in [0, 0.05) is 51.2 Å². The third-order valence-electron chi connectivity index (χ3n) is 7.01. The minimum absolute atomic E-state index is 0.181. The SMILES string of the molecule is COc1cc(OC)cc(C(NC(=O)NC2CCN(CC3CCCC3)CC2)c2nccn2C)c1. The highest BCUT2D eigenvalue weighted by molar-refractivity contribution is 5.75. The smallest absolute Gasteiger partial charge is 0.315 e. The Balaban J connectivity index is 1.40. The molecule has 2 aromatic rings. The summed E-state index contributed by atoms with van der Waals surface area (Å²) >= 11 is 0. The van der Waals surface area contributed by atoms with Crippen LogP contribution in [-0.2, 0) is 7.05 Å². The summed E-state index contributed by atoms with van der Waals surface area (Å²) in [6.45, 7) is 3.33. The molecule has 33 heavy (non-hydrogen) atoms. The van der Waals surface area contributed by atoms with E-state index in [1.807, 2.05) is 36.0 Å². The van der Waals surface area contributed by atoms with Crippen molar-refractivity contribution >= 4 is 6.03 Å². The van der Waals surface area contributed by atoms with E-state index < -0.39 is 6.04 Å². The number of ether oxygens (including phenoxy) is 2. The van der Waals surface area contributed by atoms with Gasteiger partial charge in [-0.3, -0.25) is 0 Å². The predicted molar refractivity (Wildman–Crippen MR) is 128 cm³/mol. The average molecular weight is 456 g/mol. The van der Waals surface area contributed by atoms with E-state index in [1.165, 1.54) is 32.2 Å². The lowest BCUT2D eigenvalue weighted by molar-refractivity contribution is 0.171. The normalized spacial score (nSPS) is 18.8. The van der Waals surface area contributed by atoms with Crippen molar-refractivity contribution in [1.82, 2.24) is 25.1 Å². The summed E-state index contributed by atoms with van der Waals surface area (Å²) in [5, 5.41) is 6.33. The lowest BCUT2D eigenvalue weighted by atomic mass is 10.0. The van der Waals surface area contributed by atoms with Crippen LogP contribution in [0.3, 0.4) is 0 Å². The number of carbonyl (C=O) groups is 1. The van der Waals surface area contributed by atoms with Gasteiger partial charge in [-0.05, 0) is 49.3 Å². The number of likely N-dealkylation sites (tertiary alicyclic amines) is 1. The van der Waals surface area contributed by atoms with Crippen LogP contribution in [0, 0.1) is 5.92 Å². The van der Waals surface area contributed by atoms with Crippen molar-refractivity contribution in [3.63, 3.8) is 0 Å². The largest absolute Gasteiger partial charge is 0.497 e. The highest BCUT2D eigenvalue weighted by Gasteiger charge is 2.26. The number of nitrogens with one attached hydrogen (secondary N) is 2. The average Bonchev–Trinajstić information content (AvgIpc) is 3.50. The highest BCUT2D eigenvalue weighted by atomic mass is 16.5. The first-order valence-electron chi connectivity index (χ1n) is 12.0. The summed E-state index contributed by atoms with van der Waals surface area (Å²) in [6, 6.07) is 5.20. The lowest BCUT2D eigenvalue weighted by Gasteiger charge is -2.34. The monoisotopic (exact) mass is 455 g/mol. The molecule has 2 fully saturated rings. The van der Waals surface area contributed by atoms with Gasteiger partial charge in [-0.25, -0.2) is 9.78 Å². The van der Waals surface area contributed by atoms with Crippen LogP contribution >= 0.6 is 0 Å². The van der Waals surface area contributed by atoms with Crippen LogP contribution in [0.15, 0.2) is 30.6 Å². The molecule has 4 rings (SSSR count). The molecule has 0 spiro atoms. The minimum atomic E-state index is -0.434. The molecule has 8 nitrogen and oxygen atoms in total. The number of methoxy groups -OCH3 is 2. The molecule has 1 aromatic heterocycles. The first-order chi connectivity index (χ1) is 16.1. The number of aryl methyl sites for hydroxylation is 1. The quantitative estimate of drug-likeness (QED) is 0.637. The number of aromatic nitrogens is 2. The van der Waals surface area contributed by atoms with Crippen molar-refractivity contribution in [3.8, 4) is 11.5 Å². The van der Waals surface area contributed by atoms with Crippen LogP contribution in [0.4, 0.5) is 4.79 Å². The molecule has 1 aromatic carbocycles. The van der Waals surface area contributed by atoms with Gasteiger partial charge in [0.15, 0.2) is 0 Å². The fourth-order valence-electron chi connectivity index (χ4n) is 5.12. The van der Waals surface area contributed by atoms with Crippen LogP contribution in [-0.4, -0.2) is 60.4 Å². The van der Waals surface area contributed by atoms with E-state index >= 15 is 0 Å². The molecule has 0 radical (unpaired) electrons. The zero-order valence-corrected chi connectivity index (χ0v) is 20.0. The Bertz CT molecular complexity index is 894. The second kappa shape index (κ2) is 10.9. The number of carbonyl (C=O) groups excluding carboxylic acids is 1. The van der Waals surface area contributed by atoms with Crippen molar-refractivity contribution in [2.24, 2.45) is 13.0 Å². The lowest BCUT2D eigenvalue weighted by Crippen LogP contribution is -2.49. The van der Waals surface area contributed by atoms with Gasteiger partial charge in [-0.1, -0.05) is 12.8 Å². The fraction of sp³-hybridized carbons (Fsp3) is 0.600. The Morgan fingerprint density at radius 2 is 1.76 bits per heavy atom. The predicted octanol–water partition coefficient (Wildman–Crippen LogP) is 3.48. The molecule has 180 valence electrons. The number of amides is 2. The van der Waals surface area contributed by atoms with Crippen molar-refractivity contribution in [1.29, 1.82) is 0 Å². The van der Waals surface area contributed by atoms with E-state index in [2.05, 4.69) is 20.5 Å². The maximum Gasteiger partial charge on any atom is 0.315 e. The van der Waals surface area contributed by atoms with Crippen LogP contribution < -0.4 is 20.1 Å². The van der Waals surface area contributed by atoms with E-state index in [9.17, 15) is 4.79 Å². The summed E-state index contributed by atoms with van der Waals surface area (Å²) in [6.07, 6.45) is 11.1. The molecule has 1 atom stereocenters. The van der Waals surface area contributed by atoms with Gasteiger partial charge in [0.05, 0.1) is 14.2 Å². The molecular weight excluding hydrogens is 418 g/mol. The van der Waals surface area contributed by atoms with Gasteiger partial charge in [0.2, 0.25) is 0 Å². The molecule has 1 saturated heterocycles. The molecule has 1 saturated carbocycles. The van der Waals surface area contributed by atoms with E-state index in [0.29, 0.717) is 11.5 Å². The molecule has 1 unspecified atom stereocenters. The summed E-state index contributed by atoms with van der Waals surface area (Å²) < 4.78 is 12.8. The van der Waals surface area contributed by atoms with Crippen LogP contribution in [0.5, 0.6) is 11.5 Å². The fourth-order valence-corrected chi connectivity index (χ4v) is 5.12. The Labute approximate surface area is 196 Å². The minimum Gasteiger partial charge on any atom is -0.497 e. The van der Waals surface area contributed by atoms with E-state index in [4.69, 9.17) is 9.47 Å². The zero-order chi connectivity index (χ0) is 23.2. The van der Waals surface area contributed by atoms with Crippen molar-refractivity contribution in [2.45, 2.75) is 50.6 Å². The number of imidazole rings is 1. The first-order valence-corrected chi connectivity index (χ1v) is 12.0. The van der Waals surface area contributed by atoms with E-state index in [1.54, 1.807) is 20.4 Å². The van der Waals surface area contributed by atoms with Gasteiger partial charge in [-0.2, -0.15) is 0 Å². The molecule has 8 heteroatoms. The third kappa shape index (κ3) is 5.99.